The predicted octanol–water partition coefficient (Wildman–Crippen LogP) is 3.72. The number of anilines is 1. The maximum Gasteiger partial charge on any atom is 0.254 e. The monoisotopic (exact) mass is 433 g/mol. The molecular weight excluding hydrogens is 402 g/mol. The molecule has 0 spiro atoms. The molecule has 2 aliphatic heterocycles. The first-order chi connectivity index (χ1) is 15.5. The third-order valence-electron chi connectivity index (χ3n) is 6.73. The van der Waals surface area contributed by atoms with Crippen LogP contribution in [-0.4, -0.2) is 53.7 Å². The van der Waals surface area contributed by atoms with E-state index >= 15 is 0 Å². The van der Waals surface area contributed by atoms with Gasteiger partial charge in [0.15, 0.2) is 0 Å². The average Bonchev–Trinajstić information content (AvgIpc) is 2.84. The number of para-hydroxylation sites is 1. The van der Waals surface area contributed by atoms with Crippen LogP contribution in [0, 0.1) is 18.8 Å². The van der Waals surface area contributed by atoms with Gasteiger partial charge in [-0.15, -0.1) is 0 Å². The van der Waals surface area contributed by atoms with Crippen molar-refractivity contribution in [3.05, 3.63) is 65.7 Å². The number of carbonyl (C=O) groups is 3. The van der Waals surface area contributed by atoms with Gasteiger partial charge in [0.1, 0.15) is 0 Å². The van der Waals surface area contributed by atoms with Crippen LogP contribution in [0.25, 0.3) is 0 Å². The van der Waals surface area contributed by atoms with E-state index in [4.69, 9.17) is 0 Å². The highest BCUT2D eigenvalue weighted by atomic mass is 16.2. The Bertz CT molecular complexity index is 959. The van der Waals surface area contributed by atoms with Gasteiger partial charge in [-0.1, -0.05) is 36.4 Å². The molecule has 0 aliphatic carbocycles. The largest absolute Gasteiger partial charge is 0.342 e. The summed E-state index contributed by atoms with van der Waals surface area (Å²) in [6, 6.07) is 17.1. The number of rotatable bonds is 4. The second-order valence-corrected chi connectivity index (χ2v) is 8.84. The van der Waals surface area contributed by atoms with Crippen molar-refractivity contribution in [2.75, 3.05) is 31.5 Å². The summed E-state index contributed by atoms with van der Waals surface area (Å²) < 4.78 is 0. The van der Waals surface area contributed by atoms with E-state index in [1.54, 1.807) is 0 Å². The fourth-order valence-electron chi connectivity index (χ4n) is 4.70. The van der Waals surface area contributed by atoms with Gasteiger partial charge in [0.2, 0.25) is 11.8 Å². The third-order valence-corrected chi connectivity index (χ3v) is 6.73. The van der Waals surface area contributed by atoms with Gasteiger partial charge >= 0.3 is 0 Å². The fraction of sp³-hybridized carbons (Fsp3) is 0.423. The maximum absolute atomic E-state index is 13.0. The van der Waals surface area contributed by atoms with Crippen LogP contribution in [0.15, 0.2) is 54.6 Å². The van der Waals surface area contributed by atoms with E-state index in [-0.39, 0.29) is 29.6 Å². The Morgan fingerprint density at radius 3 is 1.97 bits per heavy atom. The Morgan fingerprint density at radius 2 is 1.31 bits per heavy atom. The summed E-state index contributed by atoms with van der Waals surface area (Å²) >= 11 is 0. The van der Waals surface area contributed by atoms with Crippen molar-refractivity contribution in [3.63, 3.8) is 0 Å². The predicted molar refractivity (Wildman–Crippen MR) is 124 cm³/mol. The van der Waals surface area contributed by atoms with Crippen LogP contribution in [0.5, 0.6) is 0 Å². The summed E-state index contributed by atoms with van der Waals surface area (Å²) in [4.78, 5) is 42.2. The lowest BCUT2D eigenvalue weighted by Crippen LogP contribution is -2.47. The van der Waals surface area contributed by atoms with Crippen molar-refractivity contribution in [1.29, 1.82) is 0 Å². The summed E-state index contributed by atoms with van der Waals surface area (Å²) in [6.07, 6.45) is 2.78. The molecule has 3 amide bonds. The molecule has 6 nitrogen and oxygen atoms in total. The Morgan fingerprint density at radius 1 is 0.750 bits per heavy atom. The third kappa shape index (κ3) is 5.01. The zero-order valence-electron chi connectivity index (χ0n) is 18.6. The van der Waals surface area contributed by atoms with E-state index in [0.717, 1.165) is 16.8 Å². The lowest BCUT2D eigenvalue weighted by atomic mass is 9.91. The number of hydrogen-bond donors (Lipinski definition) is 1. The second kappa shape index (κ2) is 9.98. The Labute approximate surface area is 189 Å². The molecule has 32 heavy (non-hydrogen) atoms. The quantitative estimate of drug-likeness (QED) is 0.799. The van der Waals surface area contributed by atoms with E-state index in [2.05, 4.69) is 5.32 Å². The minimum absolute atomic E-state index is 0.0336. The number of aryl methyl sites for hydroxylation is 1. The van der Waals surface area contributed by atoms with Crippen LogP contribution in [-0.2, 0) is 9.59 Å². The molecule has 0 radical (unpaired) electrons. The minimum atomic E-state index is -0.0622. The maximum atomic E-state index is 13.0. The van der Waals surface area contributed by atoms with Gasteiger partial charge in [-0.3, -0.25) is 14.4 Å². The molecule has 1 N–H and O–H groups in total. The average molecular weight is 434 g/mol. The zero-order valence-corrected chi connectivity index (χ0v) is 18.6. The summed E-state index contributed by atoms with van der Waals surface area (Å²) in [7, 11) is 0. The normalized spacial score (nSPS) is 17.8. The first kappa shape index (κ1) is 22.1. The van der Waals surface area contributed by atoms with Crippen molar-refractivity contribution >= 4 is 23.4 Å². The lowest BCUT2D eigenvalue weighted by molar-refractivity contribution is -0.139. The molecule has 168 valence electrons. The number of hydrogen-bond acceptors (Lipinski definition) is 3. The molecule has 0 bridgehead atoms. The van der Waals surface area contributed by atoms with Crippen molar-refractivity contribution < 1.29 is 14.4 Å². The molecule has 0 saturated carbocycles. The number of nitrogens with zero attached hydrogens (tertiary/aromatic N) is 2. The molecule has 4 rings (SSSR count). The highest BCUT2D eigenvalue weighted by molar-refractivity contribution is 5.96. The molecule has 2 heterocycles. The Hall–Kier alpha value is -3.15. The summed E-state index contributed by atoms with van der Waals surface area (Å²) in [6.45, 7) is 4.41. The standard InChI is InChI=1S/C26H31N3O3/c1-19-7-5-6-10-23(19)26(32)29-17-13-21(14-18-29)25(31)28-15-11-20(12-16-28)24(30)27-22-8-3-2-4-9-22/h2-10,20-21H,11-18H2,1H3,(H,27,30). The first-order valence-corrected chi connectivity index (χ1v) is 11.5. The molecule has 2 aromatic carbocycles. The van der Waals surface area contributed by atoms with Crippen LogP contribution < -0.4 is 5.32 Å². The fourth-order valence-corrected chi connectivity index (χ4v) is 4.70. The molecule has 0 unspecified atom stereocenters. The molecule has 2 aromatic rings. The van der Waals surface area contributed by atoms with Crippen molar-refractivity contribution in [3.8, 4) is 0 Å². The summed E-state index contributed by atoms with van der Waals surface area (Å²) in [5.74, 6) is 0.166. The smallest absolute Gasteiger partial charge is 0.254 e. The van der Waals surface area contributed by atoms with Crippen LogP contribution in [0.1, 0.15) is 41.6 Å². The van der Waals surface area contributed by atoms with Gasteiger partial charge in [-0.05, 0) is 56.4 Å². The van der Waals surface area contributed by atoms with Crippen molar-refractivity contribution in [2.45, 2.75) is 32.6 Å². The summed E-state index contributed by atoms with van der Waals surface area (Å²) in [5.41, 5.74) is 2.53. The van der Waals surface area contributed by atoms with E-state index < -0.39 is 0 Å². The van der Waals surface area contributed by atoms with Gasteiger partial charge in [-0.2, -0.15) is 0 Å². The molecule has 2 fully saturated rings. The number of likely N-dealkylation sites (tertiary alicyclic amines) is 2. The number of carbonyl (C=O) groups excluding carboxylic acids is 3. The lowest BCUT2D eigenvalue weighted by Gasteiger charge is -2.37. The van der Waals surface area contributed by atoms with E-state index in [1.165, 1.54) is 0 Å². The summed E-state index contributed by atoms with van der Waals surface area (Å²) in [5, 5.41) is 2.97. The Kier molecular flexibility index (Phi) is 6.88. The van der Waals surface area contributed by atoms with E-state index in [9.17, 15) is 14.4 Å². The molecule has 0 atom stereocenters. The second-order valence-electron chi connectivity index (χ2n) is 8.84. The van der Waals surface area contributed by atoms with Gasteiger partial charge in [0, 0.05) is 49.3 Å². The van der Waals surface area contributed by atoms with Gasteiger partial charge < -0.3 is 15.1 Å². The van der Waals surface area contributed by atoms with Crippen molar-refractivity contribution in [2.24, 2.45) is 11.8 Å². The minimum Gasteiger partial charge on any atom is -0.342 e. The molecule has 2 aliphatic rings. The highest BCUT2D eigenvalue weighted by Crippen LogP contribution is 2.26. The number of benzene rings is 2. The van der Waals surface area contributed by atoms with E-state index in [0.29, 0.717) is 51.9 Å². The Balaban J connectivity index is 1.24. The number of nitrogens with one attached hydrogen (secondary N) is 1. The molecule has 0 aromatic heterocycles. The van der Waals surface area contributed by atoms with Crippen LogP contribution in [0.4, 0.5) is 5.69 Å². The number of piperidine rings is 2. The molecule has 2 saturated heterocycles. The van der Waals surface area contributed by atoms with Gasteiger partial charge in [0.05, 0.1) is 0 Å². The molecular formula is C26H31N3O3. The van der Waals surface area contributed by atoms with Crippen LogP contribution in [0.2, 0.25) is 0 Å². The van der Waals surface area contributed by atoms with Crippen LogP contribution in [0.3, 0.4) is 0 Å². The van der Waals surface area contributed by atoms with Crippen LogP contribution >= 0.6 is 0 Å². The SMILES string of the molecule is Cc1ccccc1C(=O)N1CCC(C(=O)N2CCC(C(=O)Nc3ccccc3)CC2)CC1. The topological polar surface area (TPSA) is 69.7 Å². The molecule has 6 heteroatoms. The van der Waals surface area contributed by atoms with E-state index in [1.807, 2.05) is 71.3 Å². The van der Waals surface area contributed by atoms with Gasteiger partial charge in [-0.25, -0.2) is 0 Å². The number of amides is 3. The first-order valence-electron chi connectivity index (χ1n) is 11.5. The zero-order chi connectivity index (χ0) is 22.5. The van der Waals surface area contributed by atoms with Crippen molar-refractivity contribution in [1.82, 2.24) is 9.80 Å². The highest BCUT2D eigenvalue weighted by Gasteiger charge is 2.33. The van der Waals surface area contributed by atoms with Gasteiger partial charge in [0.25, 0.3) is 5.91 Å².